The Kier molecular flexibility index (Phi) is 12.8. The van der Waals surface area contributed by atoms with Crippen molar-refractivity contribution in [1.82, 2.24) is 14.5 Å². The number of fused-ring (bicyclic) bond motifs is 7. The van der Waals surface area contributed by atoms with Gasteiger partial charge in [-0.2, -0.15) is 0 Å². The molecule has 3 aromatic heterocycles. The normalized spacial score (nSPS) is 11.7. The van der Waals surface area contributed by atoms with Crippen molar-refractivity contribution in [3.05, 3.63) is 198 Å². The summed E-state index contributed by atoms with van der Waals surface area (Å²) in [4.78, 5) is 9.81. The minimum Gasteiger partial charge on any atom is -0.501 e. The number of hydrogen-bond acceptors (Lipinski definition) is 3. The fourth-order valence-electron chi connectivity index (χ4n) is 9.37. The molecule has 335 valence electrons. The molecule has 8 aromatic carbocycles. The largest absolute Gasteiger partial charge is 0.501 e. The van der Waals surface area contributed by atoms with Crippen molar-refractivity contribution in [2.45, 2.75) is 79.1 Å². The Morgan fingerprint density at radius 1 is 0.537 bits per heavy atom. The van der Waals surface area contributed by atoms with Crippen LogP contribution in [0.2, 0.25) is 0 Å². The van der Waals surface area contributed by atoms with E-state index in [0.29, 0.717) is 23.7 Å². The second kappa shape index (κ2) is 18.9. The Morgan fingerprint density at radius 3 is 1.97 bits per heavy atom. The van der Waals surface area contributed by atoms with E-state index in [1.54, 1.807) is 0 Å². The van der Waals surface area contributed by atoms with E-state index < -0.39 is 0 Å². The predicted molar refractivity (Wildman–Crippen MR) is 278 cm³/mol. The van der Waals surface area contributed by atoms with E-state index >= 15 is 0 Å². The number of hydrogen-bond donors (Lipinski definition) is 0. The van der Waals surface area contributed by atoms with Gasteiger partial charge in [-0.05, 0) is 99.0 Å². The molecule has 1 radical (unpaired) electrons. The number of rotatable bonds is 8. The first-order chi connectivity index (χ1) is 32.0. The fraction of sp³-hybridized carbons (Fsp3) is 0.194. The van der Waals surface area contributed by atoms with Gasteiger partial charge in [0.25, 0.3) is 0 Å². The van der Waals surface area contributed by atoms with Crippen molar-refractivity contribution in [2.75, 3.05) is 0 Å². The maximum Gasteiger partial charge on any atom is 0.121 e. The third kappa shape index (κ3) is 8.64. The summed E-state index contributed by atoms with van der Waals surface area (Å²) in [5, 5.41) is 7.18. The molecular weight excluding hydrogens is 995 g/mol. The molecule has 0 aliphatic heterocycles. The van der Waals surface area contributed by atoms with Crippen LogP contribution >= 0.6 is 0 Å². The molecule has 3 heterocycles. The number of nitrogens with zero attached hydrogens (tertiary/aromatic N) is 3. The van der Waals surface area contributed by atoms with Crippen LogP contribution in [0.4, 0.5) is 0 Å². The number of aromatic nitrogens is 3. The number of pyridine rings is 1. The third-order valence-corrected chi connectivity index (χ3v) is 13.1. The van der Waals surface area contributed by atoms with E-state index in [2.05, 4.69) is 229 Å². The SMILES string of the molecule is CC(C)c1cc(-c2ccccc2)cc(C(C)C)c1-n1c(-c2[c-]cc3c(ccc4ccccc43)c2)nc2ccccc21.CC(C)c1ccnc(-c2[c-]ccc3c2oc2cc(C(C)C)ccc23)c1.[Ir]. The monoisotopic (exact) mass is 1050 g/mol. The average molecular weight is 1050 g/mol. The van der Waals surface area contributed by atoms with Crippen LogP contribution in [0.3, 0.4) is 0 Å². The van der Waals surface area contributed by atoms with Crippen LogP contribution in [-0.4, -0.2) is 14.5 Å². The van der Waals surface area contributed by atoms with Gasteiger partial charge in [-0.3, -0.25) is 4.98 Å². The van der Waals surface area contributed by atoms with E-state index in [1.807, 2.05) is 12.3 Å². The molecule has 0 fully saturated rings. The zero-order valence-electron chi connectivity index (χ0n) is 39.5. The van der Waals surface area contributed by atoms with E-state index in [0.717, 1.165) is 55.6 Å². The van der Waals surface area contributed by atoms with Gasteiger partial charge in [0.05, 0.1) is 22.4 Å². The van der Waals surface area contributed by atoms with Crippen molar-refractivity contribution in [3.8, 4) is 39.5 Å². The number of furan rings is 1. The van der Waals surface area contributed by atoms with Crippen molar-refractivity contribution in [3.63, 3.8) is 0 Å². The van der Waals surface area contributed by atoms with Crippen molar-refractivity contribution >= 4 is 54.5 Å². The van der Waals surface area contributed by atoms with Crippen LogP contribution in [0.15, 0.2) is 168 Å². The number of imidazole rings is 1. The Labute approximate surface area is 408 Å². The first-order valence-electron chi connectivity index (χ1n) is 23.4. The Hall–Kier alpha value is -6.65. The molecule has 0 unspecified atom stereocenters. The van der Waals surface area contributed by atoms with Gasteiger partial charge in [-0.1, -0.05) is 180 Å². The molecule has 0 aliphatic carbocycles. The second-order valence-corrected chi connectivity index (χ2v) is 18.8. The first-order valence-corrected chi connectivity index (χ1v) is 23.4. The van der Waals surface area contributed by atoms with Crippen molar-refractivity contribution in [2.24, 2.45) is 0 Å². The minimum atomic E-state index is 0. The van der Waals surface area contributed by atoms with Gasteiger partial charge in [0.2, 0.25) is 0 Å². The molecule has 11 aromatic rings. The molecule has 0 saturated carbocycles. The fourth-order valence-corrected chi connectivity index (χ4v) is 9.37. The van der Waals surface area contributed by atoms with E-state index in [4.69, 9.17) is 9.40 Å². The summed E-state index contributed by atoms with van der Waals surface area (Å²) in [6.07, 6.45) is 1.87. The summed E-state index contributed by atoms with van der Waals surface area (Å²) in [6, 6.07) is 63.1. The standard InChI is InChI=1S/C39H33N2.C23H22NO.Ir/c1-25(2)34-23-31(27-12-6-5-7-13-27)24-35(26(3)4)38(34)41-37-17-11-10-16-36(37)40-39(41)30-20-21-33-29(22-30)19-18-28-14-8-9-15-32(28)33;1-14(2)16-8-9-18-19-6-5-7-20(23(19)25-22(18)13-16)21-12-17(15(3)4)10-11-24-21;/h5-19,21-26H,1-4H3;5-6,8-15H,1-4H3;/q2*-1;. The molecule has 0 atom stereocenters. The van der Waals surface area contributed by atoms with E-state index in [-0.39, 0.29) is 20.1 Å². The Bertz CT molecular complexity index is 3530. The zero-order chi connectivity index (χ0) is 45.6. The van der Waals surface area contributed by atoms with Crippen LogP contribution in [0.25, 0.3) is 94.0 Å². The Balaban J connectivity index is 0.000000186. The maximum absolute atomic E-state index is 6.26. The number of benzene rings is 8. The van der Waals surface area contributed by atoms with Crippen LogP contribution < -0.4 is 0 Å². The molecule has 4 nitrogen and oxygen atoms in total. The van der Waals surface area contributed by atoms with Gasteiger partial charge >= 0.3 is 0 Å². The predicted octanol–water partition coefficient (Wildman–Crippen LogP) is 17.4. The third-order valence-electron chi connectivity index (χ3n) is 13.1. The minimum absolute atomic E-state index is 0. The molecule has 11 rings (SSSR count). The van der Waals surface area contributed by atoms with Gasteiger partial charge in [0, 0.05) is 37.4 Å². The zero-order valence-corrected chi connectivity index (χ0v) is 41.9. The van der Waals surface area contributed by atoms with Gasteiger partial charge in [0.15, 0.2) is 0 Å². The van der Waals surface area contributed by atoms with Gasteiger partial charge < -0.3 is 14.0 Å². The van der Waals surface area contributed by atoms with Crippen LogP contribution in [0.5, 0.6) is 0 Å². The molecule has 5 heteroatoms. The summed E-state index contributed by atoms with van der Waals surface area (Å²) < 4.78 is 8.65. The van der Waals surface area contributed by atoms with Crippen LogP contribution in [0.1, 0.15) is 101 Å². The summed E-state index contributed by atoms with van der Waals surface area (Å²) in [5.41, 5.74) is 15.7. The molecule has 67 heavy (non-hydrogen) atoms. The summed E-state index contributed by atoms with van der Waals surface area (Å²) in [6.45, 7) is 18.0. The summed E-state index contributed by atoms with van der Waals surface area (Å²) in [5.74, 6) is 2.52. The quantitative estimate of drug-likeness (QED) is 0.113. The summed E-state index contributed by atoms with van der Waals surface area (Å²) >= 11 is 0. The summed E-state index contributed by atoms with van der Waals surface area (Å²) in [7, 11) is 0. The molecule has 0 bridgehead atoms. The smallest absolute Gasteiger partial charge is 0.121 e. The molecule has 0 amide bonds. The molecule has 0 saturated heterocycles. The van der Waals surface area contributed by atoms with Crippen molar-refractivity contribution < 1.29 is 24.5 Å². The van der Waals surface area contributed by atoms with Crippen LogP contribution in [0, 0.1) is 12.1 Å². The average Bonchev–Trinajstić information content (AvgIpc) is 3.92. The van der Waals surface area contributed by atoms with Gasteiger partial charge in [-0.15, -0.1) is 47.3 Å². The molecule has 0 N–H and O–H groups in total. The topological polar surface area (TPSA) is 43.9 Å². The van der Waals surface area contributed by atoms with Gasteiger partial charge in [0.1, 0.15) is 5.58 Å². The molecule has 0 aliphatic rings. The molecule has 0 spiro atoms. The first kappa shape index (κ1) is 45.5. The second-order valence-electron chi connectivity index (χ2n) is 18.8. The maximum atomic E-state index is 6.26. The van der Waals surface area contributed by atoms with E-state index in [1.165, 1.54) is 60.6 Å². The van der Waals surface area contributed by atoms with Crippen LogP contribution in [-0.2, 0) is 20.1 Å². The van der Waals surface area contributed by atoms with E-state index in [9.17, 15) is 0 Å². The Morgan fingerprint density at radius 2 is 1.22 bits per heavy atom. The number of para-hydroxylation sites is 2. The van der Waals surface area contributed by atoms with Gasteiger partial charge in [-0.25, -0.2) is 0 Å². The van der Waals surface area contributed by atoms with Crippen molar-refractivity contribution in [1.29, 1.82) is 0 Å². The molecular formula is C62H55IrN3O-2.